The van der Waals surface area contributed by atoms with Gasteiger partial charge in [-0.2, -0.15) is 0 Å². The smallest absolute Gasteiger partial charge is 0.322 e. The summed E-state index contributed by atoms with van der Waals surface area (Å²) in [5, 5.41) is 2.97. The highest BCUT2D eigenvalue weighted by molar-refractivity contribution is 5.90. The van der Waals surface area contributed by atoms with E-state index in [0.29, 0.717) is 12.6 Å². The van der Waals surface area contributed by atoms with Crippen molar-refractivity contribution in [2.45, 2.75) is 51.6 Å². The first-order valence-electron chi connectivity index (χ1n) is 8.31. The van der Waals surface area contributed by atoms with Crippen molar-refractivity contribution in [3.05, 3.63) is 24.0 Å². The molecule has 1 saturated heterocycles. The summed E-state index contributed by atoms with van der Waals surface area (Å²) in [6.07, 6.45) is 7.54. The topological polar surface area (TPSA) is 65.5 Å². The van der Waals surface area contributed by atoms with Crippen LogP contribution in [0.1, 0.15) is 38.2 Å². The van der Waals surface area contributed by atoms with Crippen LogP contribution in [0.4, 0.5) is 10.5 Å². The number of likely N-dealkylation sites (tertiary alicyclic amines) is 1. The van der Waals surface area contributed by atoms with Gasteiger partial charge in [0.25, 0.3) is 0 Å². The molecule has 2 fully saturated rings. The summed E-state index contributed by atoms with van der Waals surface area (Å²) in [5.41, 5.74) is 1.74. The van der Waals surface area contributed by atoms with Crippen LogP contribution in [0.3, 0.4) is 0 Å². The molecule has 0 aromatic carbocycles. The van der Waals surface area contributed by atoms with E-state index in [9.17, 15) is 9.59 Å². The van der Waals surface area contributed by atoms with Gasteiger partial charge in [0, 0.05) is 44.1 Å². The Labute approximate surface area is 136 Å². The molecule has 23 heavy (non-hydrogen) atoms. The Morgan fingerprint density at radius 2 is 2.17 bits per heavy atom. The van der Waals surface area contributed by atoms with Gasteiger partial charge in [0.15, 0.2) is 0 Å². The lowest BCUT2D eigenvalue weighted by atomic mass is 10.2. The minimum Gasteiger partial charge on any atom is -0.338 e. The van der Waals surface area contributed by atoms with Crippen LogP contribution in [0.2, 0.25) is 0 Å². The van der Waals surface area contributed by atoms with Gasteiger partial charge >= 0.3 is 6.03 Å². The van der Waals surface area contributed by atoms with Gasteiger partial charge in [-0.05, 0) is 44.2 Å². The number of carbonyl (C=O) groups is 2. The molecule has 6 heteroatoms. The number of amides is 3. The lowest BCUT2D eigenvalue weighted by Crippen LogP contribution is -2.46. The van der Waals surface area contributed by atoms with E-state index in [4.69, 9.17) is 0 Å². The van der Waals surface area contributed by atoms with Crippen LogP contribution < -0.4 is 5.32 Å². The molecule has 1 aromatic rings. The van der Waals surface area contributed by atoms with E-state index in [1.54, 1.807) is 19.3 Å². The minimum atomic E-state index is -0.0823. The minimum absolute atomic E-state index is 0.0823. The quantitative estimate of drug-likeness (QED) is 0.927. The van der Waals surface area contributed by atoms with Gasteiger partial charge in [0.05, 0.1) is 6.04 Å². The fourth-order valence-corrected chi connectivity index (χ4v) is 3.24. The van der Waals surface area contributed by atoms with E-state index >= 15 is 0 Å². The maximum absolute atomic E-state index is 12.6. The normalized spacial score (nSPS) is 20.4. The third-order valence-corrected chi connectivity index (χ3v) is 4.70. The molecule has 1 aliphatic heterocycles. The molecule has 1 aromatic heterocycles. The average Bonchev–Trinajstić information content (AvgIpc) is 3.24. The van der Waals surface area contributed by atoms with Crippen LogP contribution in [0.15, 0.2) is 18.5 Å². The predicted molar refractivity (Wildman–Crippen MR) is 88.1 cm³/mol. The fourth-order valence-electron chi connectivity index (χ4n) is 3.24. The maximum atomic E-state index is 12.6. The largest absolute Gasteiger partial charge is 0.338 e. The molecule has 2 aliphatic rings. The van der Waals surface area contributed by atoms with Crippen LogP contribution in [0, 0.1) is 6.92 Å². The molecule has 1 unspecified atom stereocenters. The fraction of sp³-hybridized carbons (Fsp3) is 0.588. The van der Waals surface area contributed by atoms with Crippen molar-refractivity contribution in [3.63, 3.8) is 0 Å². The molecular weight excluding hydrogens is 292 g/mol. The zero-order chi connectivity index (χ0) is 16.4. The summed E-state index contributed by atoms with van der Waals surface area (Å²) in [5.74, 6) is 0.115. The molecule has 0 bridgehead atoms. The van der Waals surface area contributed by atoms with E-state index in [2.05, 4.69) is 10.3 Å². The maximum Gasteiger partial charge on any atom is 0.322 e. The highest BCUT2D eigenvalue weighted by atomic mass is 16.2. The number of nitrogens with one attached hydrogen (secondary N) is 1. The highest BCUT2D eigenvalue weighted by Gasteiger charge is 2.36. The second-order valence-electron chi connectivity index (χ2n) is 6.51. The zero-order valence-electron chi connectivity index (χ0n) is 13.8. The Balaban J connectivity index is 1.65. The van der Waals surface area contributed by atoms with Crippen molar-refractivity contribution in [1.29, 1.82) is 0 Å². The molecule has 2 heterocycles. The van der Waals surface area contributed by atoms with E-state index in [-0.39, 0.29) is 18.0 Å². The Morgan fingerprint density at radius 1 is 1.39 bits per heavy atom. The van der Waals surface area contributed by atoms with Crippen LogP contribution in [0.25, 0.3) is 0 Å². The van der Waals surface area contributed by atoms with Crippen molar-refractivity contribution in [1.82, 2.24) is 14.8 Å². The number of urea groups is 1. The van der Waals surface area contributed by atoms with Crippen molar-refractivity contribution >= 4 is 17.6 Å². The number of aryl methyl sites for hydroxylation is 1. The van der Waals surface area contributed by atoms with Gasteiger partial charge in [0.1, 0.15) is 0 Å². The van der Waals surface area contributed by atoms with Crippen molar-refractivity contribution in [2.75, 3.05) is 18.4 Å². The first kappa shape index (κ1) is 15.8. The second-order valence-corrected chi connectivity index (χ2v) is 6.51. The Bertz CT molecular complexity index is 600. The second kappa shape index (κ2) is 6.56. The number of carbonyl (C=O) groups excluding carboxylic acids is 2. The molecule has 0 spiro atoms. The van der Waals surface area contributed by atoms with Crippen molar-refractivity contribution in [3.8, 4) is 0 Å². The van der Waals surface area contributed by atoms with Gasteiger partial charge in [0.2, 0.25) is 5.91 Å². The molecule has 1 saturated carbocycles. The SMILES string of the molecule is CC(=O)N(CC1CCCN1C(=O)Nc1ccncc1C)C1CC1. The number of pyridine rings is 1. The number of rotatable bonds is 4. The number of anilines is 1. The number of hydrogen-bond donors (Lipinski definition) is 1. The summed E-state index contributed by atoms with van der Waals surface area (Å²) < 4.78 is 0. The molecule has 1 aliphatic carbocycles. The van der Waals surface area contributed by atoms with E-state index in [1.807, 2.05) is 22.8 Å². The lowest BCUT2D eigenvalue weighted by Gasteiger charge is -2.30. The molecule has 0 radical (unpaired) electrons. The lowest BCUT2D eigenvalue weighted by molar-refractivity contribution is -0.130. The van der Waals surface area contributed by atoms with Crippen molar-refractivity contribution in [2.24, 2.45) is 0 Å². The van der Waals surface area contributed by atoms with Gasteiger partial charge in [-0.3, -0.25) is 9.78 Å². The van der Waals surface area contributed by atoms with Crippen LogP contribution in [-0.4, -0.2) is 51.9 Å². The summed E-state index contributed by atoms with van der Waals surface area (Å²) >= 11 is 0. The Hall–Kier alpha value is -2.11. The summed E-state index contributed by atoms with van der Waals surface area (Å²) in [7, 11) is 0. The molecular formula is C17H24N4O2. The molecule has 6 nitrogen and oxygen atoms in total. The monoisotopic (exact) mass is 316 g/mol. The van der Waals surface area contributed by atoms with Gasteiger partial charge < -0.3 is 15.1 Å². The first-order chi connectivity index (χ1) is 11.1. The van der Waals surface area contributed by atoms with Crippen LogP contribution >= 0.6 is 0 Å². The van der Waals surface area contributed by atoms with Gasteiger partial charge in [-0.15, -0.1) is 0 Å². The summed E-state index contributed by atoms with van der Waals surface area (Å²) in [6, 6.07) is 2.23. The highest BCUT2D eigenvalue weighted by Crippen LogP contribution is 2.29. The molecule has 1 N–H and O–H groups in total. The Kier molecular flexibility index (Phi) is 4.50. The van der Waals surface area contributed by atoms with Crippen LogP contribution in [0.5, 0.6) is 0 Å². The van der Waals surface area contributed by atoms with Gasteiger partial charge in [-0.25, -0.2) is 4.79 Å². The Morgan fingerprint density at radius 3 is 2.83 bits per heavy atom. The zero-order valence-corrected chi connectivity index (χ0v) is 13.8. The van der Waals surface area contributed by atoms with E-state index in [1.165, 1.54) is 0 Å². The number of aromatic nitrogens is 1. The molecule has 124 valence electrons. The molecule has 3 amide bonds. The standard InChI is InChI=1S/C17H24N4O2/c1-12-10-18-8-7-16(12)19-17(23)20-9-3-4-15(20)11-21(13(2)22)14-5-6-14/h7-8,10,14-15H,3-6,9,11H2,1-2H3,(H,18,19,23). The van der Waals surface area contributed by atoms with E-state index in [0.717, 1.165) is 43.5 Å². The number of hydrogen-bond acceptors (Lipinski definition) is 3. The molecule has 1 atom stereocenters. The number of nitrogens with zero attached hydrogens (tertiary/aromatic N) is 3. The average molecular weight is 316 g/mol. The third-order valence-electron chi connectivity index (χ3n) is 4.70. The van der Waals surface area contributed by atoms with Gasteiger partial charge in [-0.1, -0.05) is 0 Å². The van der Waals surface area contributed by atoms with Crippen LogP contribution in [-0.2, 0) is 4.79 Å². The van der Waals surface area contributed by atoms with E-state index < -0.39 is 0 Å². The summed E-state index contributed by atoms with van der Waals surface area (Å²) in [6.45, 7) is 4.95. The third kappa shape index (κ3) is 3.63. The first-order valence-corrected chi connectivity index (χ1v) is 8.31. The predicted octanol–water partition coefficient (Wildman–Crippen LogP) is 2.40. The summed E-state index contributed by atoms with van der Waals surface area (Å²) in [4.78, 5) is 32.3. The molecule has 3 rings (SSSR count). The van der Waals surface area contributed by atoms with Crippen molar-refractivity contribution < 1.29 is 9.59 Å².